The van der Waals surface area contributed by atoms with Crippen LogP contribution < -0.4 is 0 Å². The van der Waals surface area contributed by atoms with Gasteiger partial charge in [-0.25, -0.2) is 0 Å². The van der Waals surface area contributed by atoms with Crippen LogP contribution in [0.4, 0.5) is 0 Å². The Bertz CT molecular complexity index is 861. The number of allylic oxidation sites excluding steroid dienone is 1. The molecule has 3 heteroatoms. The molecule has 2 aromatic carbocycles. The van der Waals surface area contributed by atoms with Crippen molar-refractivity contribution in [3.63, 3.8) is 0 Å². The van der Waals surface area contributed by atoms with Gasteiger partial charge >= 0.3 is 0 Å². The lowest BCUT2D eigenvalue weighted by atomic mass is 10.0. The van der Waals surface area contributed by atoms with Crippen LogP contribution in [0.3, 0.4) is 0 Å². The third-order valence-corrected chi connectivity index (χ3v) is 3.87. The summed E-state index contributed by atoms with van der Waals surface area (Å²) in [6.45, 7) is 8.18. The Hall–Kier alpha value is -2.94. The van der Waals surface area contributed by atoms with E-state index in [1.807, 2.05) is 38.1 Å². The van der Waals surface area contributed by atoms with Crippen LogP contribution in [-0.4, -0.2) is 16.0 Å². The van der Waals surface area contributed by atoms with Gasteiger partial charge in [0.25, 0.3) is 0 Å². The molecule has 1 N–H and O–H groups in total. The van der Waals surface area contributed by atoms with Crippen molar-refractivity contribution in [2.24, 2.45) is 0 Å². The van der Waals surface area contributed by atoms with Crippen LogP contribution in [0.1, 0.15) is 41.0 Å². The van der Waals surface area contributed by atoms with E-state index in [-0.39, 0.29) is 5.78 Å². The van der Waals surface area contributed by atoms with Gasteiger partial charge in [-0.05, 0) is 49.3 Å². The lowest BCUT2D eigenvalue weighted by Crippen LogP contribution is -1.92. The summed E-state index contributed by atoms with van der Waals surface area (Å²) < 4.78 is 0. The van der Waals surface area contributed by atoms with Gasteiger partial charge in [-0.15, -0.1) is 0 Å². The molecule has 0 fully saturated rings. The zero-order valence-electron chi connectivity index (χ0n) is 15.2. The number of carbonyl (C=O) groups excluding carboxylic acids is 1. The van der Waals surface area contributed by atoms with Gasteiger partial charge in [-0.1, -0.05) is 56.3 Å². The molecule has 1 aromatic heterocycles. The maximum Gasteiger partial charge on any atom is 0.185 e. The first kappa shape index (κ1) is 18.4. The van der Waals surface area contributed by atoms with Crippen LogP contribution in [-0.2, 0) is 0 Å². The fourth-order valence-corrected chi connectivity index (χ4v) is 2.33. The van der Waals surface area contributed by atoms with E-state index >= 15 is 0 Å². The molecular formula is C22H24N2O. The number of aryl methyl sites for hydroxylation is 2. The second kappa shape index (κ2) is 8.78. The summed E-state index contributed by atoms with van der Waals surface area (Å²) in [4.78, 5) is 12.1. The molecule has 0 saturated heterocycles. The zero-order chi connectivity index (χ0) is 18.2. The molecule has 0 aliphatic carbocycles. The monoisotopic (exact) mass is 332 g/mol. The van der Waals surface area contributed by atoms with E-state index in [9.17, 15) is 4.79 Å². The number of carbonyl (C=O) groups is 1. The Balaban J connectivity index is 0.00000109. The van der Waals surface area contributed by atoms with Crippen molar-refractivity contribution in [3.05, 3.63) is 83.1 Å². The van der Waals surface area contributed by atoms with Crippen molar-refractivity contribution in [1.82, 2.24) is 10.2 Å². The molecule has 0 aliphatic rings. The van der Waals surface area contributed by atoms with Crippen LogP contribution in [0.25, 0.3) is 17.3 Å². The van der Waals surface area contributed by atoms with Crippen LogP contribution in [0.15, 0.2) is 60.7 Å². The van der Waals surface area contributed by atoms with Gasteiger partial charge in [0.1, 0.15) is 0 Å². The van der Waals surface area contributed by atoms with Crippen molar-refractivity contribution in [2.75, 3.05) is 0 Å². The Kier molecular flexibility index (Phi) is 6.47. The fraction of sp³-hybridized carbons (Fsp3) is 0.182. The molecular weight excluding hydrogens is 308 g/mol. The van der Waals surface area contributed by atoms with Gasteiger partial charge in [0.15, 0.2) is 5.78 Å². The smallest absolute Gasteiger partial charge is 0.185 e. The van der Waals surface area contributed by atoms with E-state index in [1.165, 1.54) is 11.1 Å². The average molecular weight is 332 g/mol. The molecule has 0 saturated carbocycles. The molecule has 0 atom stereocenters. The molecule has 0 aliphatic heterocycles. The highest BCUT2D eigenvalue weighted by atomic mass is 16.1. The Morgan fingerprint density at radius 2 is 1.68 bits per heavy atom. The summed E-state index contributed by atoms with van der Waals surface area (Å²) in [7, 11) is 0. The standard InChI is InChI=1S/C20H18N2O.C2H6/c1-14-8-9-17(12-15(14)2)19-13-18(21-22-19)10-11-20(23)16-6-4-3-5-7-16;1-2/h3-13H,1-2H3,(H,21,22);1-2H3/b11-10+;. The third kappa shape index (κ3) is 4.77. The molecule has 0 spiro atoms. The van der Waals surface area contributed by atoms with Crippen molar-refractivity contribution in [2.45, 2.75) is 27.7 Å². The number of aromatic amines is 1. The number of ketones is 1. The molecule has 0 bridgehead atoms. The summed E-state index contributed by atoms with van der Waals surface area (Å²) >= 11 is 0. The topological polar surface area (TPSA) is 45.8 Å². The number of hydrogen-bond acceptors (Lipinski definition) is 2. The summed E-state index contributed by atoms with van der Waals surface area (Å²) in [6, 6.07) is 17.4. The molecule has 25 heavy (non-hydrogen) atoms. The van der Waals surface area contributed by atoms with E-state index in [1.54, 1.807) is 24.3 Å². The molecule has 3 aromatic rings. The molecule has 3 rings (SSSR count). The Morgan fingerprint density at radius 1 is 0.960 bits per heavy atom. The summed E-state index contributed by atoms with van der Waals surface area (Å²) in [6.07, 6.45) is 3.32. The predicted molar refractivity (Wildman–Crippen MR) is 105 cm³/mol. The lowest BCUT2D eigenvalue weighted by Gasteiger charge is -2.01. The van der Waals surface area contributed by atoms with Gasteiger partial charge in [0, 0.05) is 11.1 Å². The first-order chi connectivity index (χ1) is 12.1. The summed E-state index contributed by atoms with van der Waals surface area (Å²) in [5, 5.41) is 7.28. The fourth-order valence-electron chi connectivity index (χ4n) is 2.33. The normalized spacial score (nSPS) is 10.4. The van der Waals surface area contributed by atoms with E-state index in [2.05, 4.69) is 42.2 Å². The minimum Gasteiger partial charge on any atom is -0.289 e. The van der Waals surface area contributed by atoms with Crippen LogP contribution in [0.2, 0.25) is 0 Å². The first-order valence-corrected chi connectivity index (χ1v) is 8.54. The highest BCUT2D eigenvalue weighted by Crippen LogP contribution is 2.21. The van der Waals surface area contributed by atoms with Gasteiger partial charge in [0.2, 0.25) is 0 Å². The Labute approximate surface area is 149 Å². The van der Waals surface area contributed by atoms with Crippen molar-refractivity contribution >= 4 is 11.9 Å². The maximum atomic E-state index is 12.1. The minimum absolute atomic E-state index is 0.0204. The second-order valence-corrected chi connectivity index (χ2v) is 5.57. The van der Waals surface area contributed by atoms with Gasteiger partial charge in [0.05, 0.1) is 11.4 Å². The van der Waals surface area contributed by atoms with Crippen LogP contribution >= 0.6 is 0 Å². The predicted octanol–water partition coefficient (Wildman–Crippen LogP) is 5.62. The van der Waals surface area contributed by atoms with Gasteiger partial charge in [-0.3, -0.25) is 9.89 Å². The number of benzene rings is 2. The number of nitrogens with one attached hydrogen (secondary N) is 1. The average Bonchev–Trinajstić information content (AvgIpc) is 3.13. The largest absolute Gasteiger partial charge is 0.289 e. The molecule has 128 valence electrons. The first-order valence-electron chi connectivity index (χ1n) is 8.54. The molecule has 0 radical (unpaired) electrons. The van der Waals surface area contributed by atoms with E-state index in [0.717, 1.165) is 17.0 Å². The number of hydrogen-bond donors (Lipinski definition) is 1. The lowest BCUT2D eigenvalue weighted by molar-refractivity contribution is 0.104. The van der Waals surface area contributed by atoms with Gasteiger partial charge < -0.3 is 0 Å². The van der Waals surface area contributed by atoms with Crippen LogP contribution in [0, 0.1) is 13.8 Å². The van der Waals surface area contributed by atoms with E-state index in [0.29, 0.717) is 5.56 Å². The summed E-state index contributed by atoms with van der Waals surface area (Å²) in [5.74, 6) is -0.0204. The van der Waals surface area contributed by atoms with E-state index in [4.69, 9.17) is 0 Å². The van der Waals surface area contributed by atoms with Crippen molar-refractivity contribution in [3.8, 4) is 11.3 Å². The SMILES string of the molecule is CC.Cc1ccc(-c2cc(/C=C/C(=O)c3ccccc3)[nH]n2)cc1C. The highest BCUT2D eigenvalue weighted by Gasteiger charge is 2.05. The zero-order valence-corrected chi connectivity index (χ0v) is 15.2. The van der Waals surface area contributed by atoms with Crippen molar-refractivity contribution < 1.29 is 4.79 Å². The minimum atomic E-state index is -0.0204. The summed E-state index contributed by atoms with van der Waals surface area (Å²) in [5.41, 5.74) is 5.93. The third-order valence-electron chi connectivity index (χ3n) is 3.87. The second-order valence-electron chi connectivity index (χ2n) is 5.57. The molecule has 3 nitrogen and oxygen atoms in total. The van der Waals surface area contributed by atoms with Crippen LogP contribution in [0.5, 0.6) is 0 Å². The maximum absolute atomic E-state index is 12.1. The van der Waals surface area contributed by atoms with Crippen molar-refractivity contribution in [1.29, 1.82) is 0 Å². The Morgan fingerprint density at radius 3 is 2.36 bits per heavy atom. The molecule has 0 amide bonds. The molecule has 0 unspecified atom stereocenters. The highest BCUT2D eigenvalue weighted by molar-refractivity contribution is 6.06. The molecule has 1 heterocycles. The van der Waals surface area contributed by atoms with Gasteiger partial charge in [-0.2, -0.15) is 5.10 Å². The number of rotatable bonds is 4. The quantitative estimate of drug-likeness (QED) is 0.498. The number of aromatic nitrogens is 2. The number of H-pyrrole nitrogens is 1. The number of nitrogens with zero attached hydrogens (tertiary/aromatic N) is 1. The van der Waals surface area contributed by atoms with E-state index < -0.39 is 0 Å².